The highest BCUT2D eigenvalue weighted by molar-refractivity contribution is 9.10. The fraction of sp³-hybridized carbons (Fsp3) is 0.154. The van der Waals surface area contributed by atoms with Crippen molar-refractivity contribution in [3.8, 4) is 5.75 Å². The monoisotopic (exact) mass is 306 g/mol. The fourth-order valence-corrected chi connectivity index (χ4v) is 1.72. The first-order valence-electron chi connectivity index (χ1n) is 5.46. The molecule has 2 rings (SSSR count). The number of hydrogen-bond acceptors (Lipinski definition) is 4. The van der Waals surface area contributed by atoms with Gasteiger partial charge in [0.1, 0.15) is 11.4 Å². The molecule has 0 aliphatic carbocycles. The average Bonchev–Trinajstić information content (AvgIpc) is 2.39. The molecule has 0 aliphatic heterocycles. The van der Waals surface area contributed by atoms with Gasteiger partial charge in [0.05, 0.1) is 12.8 Å². The second-order valence-electron chi connectivity index (χ2n) is 3.55. The van der Waals surface area contributed by atoms with Crippen molar-refractivity contribution in [2.24, 2.45) is 0 Å². The van der Waals surface area contributed by atoms with E-state index in [0.717, 1.165) is 4.47 Å². The van der Waals surface area contributed by atoms with E-state index >= 15 is 0 Å². The van der Waals surface area contributed by atoms with Crippen LogP contribution in [0.25, 0.3) is 0 Å². The molecule has 0 atom stereocenters. The molecule has 1 aromatic heterocycles. The van der Waals surface area contributed by atoms with Gasteiger partial charge in [0.2, 0.25) is 5.78 Å². The highest BCUT2D eigenvalue weighted by Crippen LogP contribution is 2.15. The molecule has 0 saturated heterocycles. The first-order chi connectivity index (χ1) is 8.70. The number of ketones is 1. The molecule has 18 heavy (non-hydrogen) atoms. The quantitative estimate of drug-likeness (QED) is 0.815. The Morgan fingerprint density at radius 2 is 2.06 bits per heavy atom. The second kappa shape index (κ2) is 5.73. The minimum absolute atomic E-state index is 0.170. The molecule has 2 aromatic rings. The molecular formula is C13H11BrN2O2. The van der Waals surface area contributed by atoms with Crippen molar-refractivity contribution in [1.82, 2.24) is 10.2 Å². The maximum atomic E-state index is 12.1. The lowest BCUT2D eigenvalue weighted by Gasteiger charge is -2.04. The predicted molar refractivity (Wildman–Crippen MR) is 70.8 cm³/mol. The Morgan fingerprint density at radius 3 is 2.72 bits per heavy atom. The number of rotatable bonds is 4. The van der Waals surface area contributed by atoms with Crippen LogP contribution in [0.1, 0.15) is 23.0 Å². The molecule has 0 bridgehead atoms. The van der Waals surface area contributed by atoms with Crippen LogP contribution >= 0.6 is 15.9 Å². The summed E-state index contributed by atoms with van der Waals surface area (Å²) in [5.74, 6) is 0.379. The van der Waals surface area contributed by atoms with Crippen molar-refractivity contribution < 1.29 is 9.53 Å². The van der Waals surface area contributed by atoms with E-state index in [0.29, 0.717) is 17.9 Å². The van der Waals surface area contributed by atoms with Crippen LogP contribution in [-0.2, 0) is 0 Å². The maximum Gasteiger partial charge on any atom is 0.213 e. The Hall–Kier alpha value is -1.75. The summed E-state index contributed by atoms with van der Waals surface area (Å²) < 4.78 is 6.21. The van der Waals surface area contributed by atoms with Crippen LogP contribution in [0.3, 0.4) is 0 Å². The van der Waals surface area contributed by atoms with E-state index in [-0.39, 0.29) is 11.5 Å². The summed E-state index contributed by atoms with van der Waals surface area (Å²) in [5, 5.41) is 7.59. The van der Waals surface area contributed by atoms with Crippen molar-refractivity contribution in [3.63, 3.8) is 0 Å². The molecule has 0 N–H and O–H groups in total. The van der Waals surface area contributed by atoms with Gasteiger partial charge >= 0.3 is 0 Å². The van der Waals surface area contributed by atoms with Crippen molar-refractivity contribution in [2.45, 2.75) is 6.92 Å². The topological polar surface area (TPSA) is 52.1 Å². The van der Waals surface area contributed by atoms with Crippen LogP contribution in [0.4, 0.5) is 0 Å². The summed E-state index contributed by atoms with van der Waals surface area (Å²) in [6, 6.07) is 8.70. The Kier molecular flexibility index (Phi) is 4.04. The van der Waals surface area contributed by atoms with Gasteiger partial charge in [0.15, 0.2) is 0 Å². The van der Waals surface area contributed by atoms with Crippen LogP contribution in [0.15, 0.2) is 41.0 Å². The van der Waals surface area contributed by atoms with E-state index in [9.17, 15) is 4.79 Å². The van der Waals surface area contributed by atoms with Gasteiger partial charge in [-0.05, 0) is 31.2 Å². The Balaban J connectivity index is 2.28. The lowest BCUT2D eigenvalue weighted by molar-refractivity contribution is 0.103. The third-order valence-corrected chi connectivity index (χ3v) is 2.81. The zero-order valence-electron chi connectivity index (χ0n) is 9.76. The van der Waals surface area contributed by atoms with Gasteiger partial charge in [-0.3, -0.25) is 4.79 Å². The fourth-order valence-electron chi connectivity index (χ4n) is 1.45. The summed E-state index contributed by atoms with van der Waals surface area (Å²) in [6.45, 7) is 2.40. The molecule has 4 nitrogen and oxygen atoms in total. The van der Waals surface area contributed by atoms with Crippen molar-refractivity contribution in [3.05, 3.63) is 52.3 Å². The second-order valence-corrected chi connectivity index (χ2v) is 4.46. The summed E-state index contributed by atoms with van der Waals surface area (Å²) in [6.07, 6.45) is 1.49. The summed E-state index contributed by atoms with van der Waals surface area (Å²) in [5.41, 5.74) is 0.851. The van der Waals surface area contributed by atoms with E-state index in [2.05, 4.69) is 26.1 Å². The summed E-state index contributed by atoms with van der Waals surface area (Å²) in [7, 11) is 0. The lowest BCUT2D eigenvalue weighted by atomic mass is 10.1. The van der Waals surface area contributed by atoms with Crippen molar-refractivity contribution >= 4 is 21.7 Å². The molecule has 92 valence electrons. The molecule has 0 spiro atoms. The SMILES string of the molecule is CCOc1cnnc(C(=O)c2ccc(Br)cc2)c1. The van der Waals surface area contributed by atoms with Gasteiger partial charge in [-0.2, -0.15) is 5.10 Å². The smallest absolute Gasteiger partial charge is 0.213 e. The first-order valence-corrected chi connectivity index (χ1v) is 6.26. The minimum Gasteiger partial charge on any atom is -0.492 e. The molecule has 1 aromatic carbocycles. The van der Waals surface area contributed by atoms with Crippen LogP contribution < -0.4 is 4.74 Å². The molecule has 0 fully saturated rings. The highest BCUT2D eigenvalue weighted by Gasteiger charge is 2.12. The Morgan fingerprint density at radius 1 is 1.33 bits per heavy atom. The third kappa shape index (κ3) is 2.92. The number of carbonyl (C=O) groups is 1. The van der Waals surface area contributed by atoms with E-state index in [1.165, 1.54) is 6.20 Å². The van der Waals surface area contributed by atoms with E-state index in [1.807, 2.05) is 19.1 Å². The van der Waals surface area contributed by atoms with Gasteiger partial charge < -0.3 is 4.74 Å². The van der Waals surface area contributed by atoms with Crippen molar-refractivity contribution in [2.75, 3.05) is 6.61 Å². The standard InChI is InChI=1S/C13H11BrN2O2/c1-2-18-11-7-12(16-15-8-11)13(17)9-3-5-10(14)6-4-9/h3-8H,2H2,1H3. The minimum atomic E-state index is -0.170. The van der Waals surface area contributed by atoms with Crippen LogP contribution in [0.5, 0.6) is 5.75 Å². The molecule has 1 heterocycles. The highest BCUT2D eigenvalue weighted by atomic mass is 79.9. The van der Waals surface area contributed by atoms with Crippen LogP contribution in [0, 0.1) is 0 Å². The van der Waals surface area contributed by atoms with E-state index < -0.39 is 0 Å². The summed E-state index contributed by atoms with van der Waals surface area (Å²) >= 11 is 3.32. The van der Waals surface area contributed by atoms with Gasteiger partial charge in [0, 0.05) is 16.1 Å². The van der Waals surface area contributed by atoms with Gasteiger partial charge in [-0.1, -0.05) is 15.9 Å². The molecule has 0 radical (unpaired) electrons. The number of nitrogens with zero attached hydrogens (tertiary/aromatic N) is 2. The van der Waals surface area contributed by atoms with E-state index in [4.69, 9.17) is 4.74 Å². The van der Waals surface area contributed by atoms with Gasteiger partial charge in [-0.15, -0.1) is 5.10 Å². The number of hydrogen-bond donors (Lipinski definition) is 0. The number of ether oxygens (including phenoxy) is 1. The lowest BCUT2D eigenvalue weighted by Crippen LogP contribution is -2.06. The number of aromatic nitrogens is 2. The van der Waals surface area contributed by atoms with Crippen LogP contribution in [-0.4, -0.2) is 22.6 Å². The third-order valence-electron chi connectivity index (χ3n) is 2.28. The largest absolute Gasteiger partial charge is 0.492 e. The van der Waals surface area contributed by atoms with E-state index in [1.54, 1.807) is 18.2 Å². The van der Waals surface area contributed by atoms with Crippen molar-refractivity contribution in [1.29, 1.82) is 0 Å². The van der Waals surface area contributed by atoms with Gasteiger partial charge in [0.25, 0.3) is 0 Å². The molecule has 0 aliphatic rings. The number of benzene rings is 1. The first kappa shape index (κ1) is 12.7. The normalized spacial score (nSPS) is 10.1. The molecular weight excluding hydrogens is 296 g/mol. The molecule has 0 saturated carbocycles. The predicted octanol–water partition coefficient (Wildman–Crippen LogP) is 2.87. The maximum absolute atomic E-state index is 12.1. The average molecular weight is 307 g/mol. The molecule has 0 amide bonds. The summed E-state index contributed by atoms with van der Waals surface area (Å²) in [4.78, 5) is 12.1. The van der Waals surface area contributed by atoms with Gasteiger partial charge in [-0.25, -0.2) is 0 Å². The zero-order valence-corrected chi connectivity index (χ0v) is 11.3. The molecule has 0 unspecified atom stereocenters. The van der Waals surface area contributed by atoms with Crippen LogP contribution in [0.2, 0.25) is 0 Å². The Labute approximate surface area is 113 Å². The number of halogens is 1. The molecule has 5 heteroatoms. The number of carbonyl (C=O) groups excluding carboxylic acids is 1. The Bertz CT molecular complexity index is 555. The zero-order chi connectivity index (χ0) is 13.0.